The average molecular weight is 433 g/mol. The standard InChI is InChI=1S/C21H22ClN2O4P/c1-20(2)12-18(25)24(21(3,4)29(27)28)17-9-8-13(10-16(17)20)19(26)23-15-7-5-6-14(22)11-15/h5-11H,12H2,1-4H3,(H,23,26). The molecule has 3 rings (SSSR count). The van der Waals surface area contributed by atoms with Gasteiger partial charge < -0.3 is 5.32 Å². The van der Waals surface area contributed by atoms with E-state index >= 15 is 0 Å². The molecule has 0 bridgehead atoms. The Kier molecular flexibility index (Phi) is 5.46. The normalized spacial score (nSPS) is 15.6. The first kappa shape index (κ1) is 21.3. The summed E-state index contributed by atoms with van der Waals surface area (Å²) in [7, 11) is -2.89. The van der Waals surface area contributed by atoms with Crippen LogP contribution in [0.15, 0.2) is 42.5 Å². The van der Waals surface area contributed by atoms with E-state index in [1.54, 1.807) is 42.5 Å². The van der Waals surface area contributed by atoms with Crippen LogP contribution in [-0.4, -0.2) is 17.1 Å². The Labute approximate surface area is 175 Å². The van der Waals surface area contributed by atoms with Crippen molar-refractivity contribution in [2.75, 3.05) is 10.2 Å². The number of nitrogens with one attached hydrogen (secondary N) is 1. The summed E-state index contributed by atoms with van der Waals surface area (Å²) in [6, 6.07) is 11.8. The van der Waals surface area contributed by atoms with Gasteiger partial charge in [-0.15, -0.1) is 0 Å². The van der Waals surface area contributed by atoms with Crippen molar-refractivity contribution in [3.05, 3.63) is 58.6 Å². The van der Waals surface area contributed by atoms with Gasteiger partial charge in [-0.3, -0.25) is 14.5 Å². The second-order valence-electron chi connectivity index (χ2n) is 8.24. The fraction of sp³-hybridized carbons (Fsp3) is 0.333. The number of nitrogens with zero attached hydrogens (tertiary/aromatic N) is 1. The van der Waals surface area contributed by atoms with E-state index in [-0.39, 0.29) is 18.2 Å². The molecule has 1 aliphatic rings. The number of fused-ring (bicyclic) bond motifs is 1. The predicted molar refractivity (Wildman–Crippen MR) is 113 cm³/mol. The number of rotatable bonds is 4. The van der Waals surface area contributed by atoms with Gasteiger partial charge in [0.2, 0.25) is 5.91 Å². The molecule has 6 nitrogen and oxygen atoms in total. The van der Waals surface area contributed by atoms with E-state index in [4.69, 9.17) is 11.6 Å². The molecule has 29 heavy (non-hydrogen) atoms. The molecular weight excluding hydrogens is 411 g/mol. The number of halogens is 1. The van der Waals surface area contributed by atoms with Gasteiger partial charge >= 0.3 is 7.68 Å². The molecule has 1 heterocycles. The highest BCUT2D eigenvalue weighted by Gasteiger charge is 2.45. The highest BCUT2D eigenvalue weighted by Crippen LogP contribution is 2.46. The van der Waals surface area contributed by atoms with Crippen LogP contribution in [0.25, 0.3) is 0 Å². The Balaban J connectivity index is 2.04. The molecule has 0 radical (unpaired) electrons. The van der Waals surface area contributed by atoms with Crippen LogP contribution in [0.1, 0.15) is 50.0 Å². The van der Waals surface area contributed by atoms with E-state index in [1.807, 2.05) is 13.8 Å². The zero-order valence-electron chi connectivity index (χ0n) is 16.7. The first-order valence-electron chi connectivity index (χ1n) is 9.12. The maximum atomic E-state index is 12.8. The highest BCUT2D eigenvalue weighted by molar-refractivity contribution is 7.33. The maximum Gasteiger partial charge on any atom is 0.341 e. The summed E-state index contributed by atoms with van der Waals surface area (Å²) in [5.74, 6) is -0.577. The van der Waals surface area contributed by atoms with Gasteiger partial charge in [-0.05, 0) is 55.8 Å². The van der Waals surface area contributed by atoms with Crippen LogP contribution in [0.5, 0.6) is 0 Å². The summed E-state index contributed by atoms with van der Waals surface area (Å²) in [5, 5.41) is 1.94. The molecular formula is C21H22ClN2O4P. The molecule has 8 heteroatoms. The zero-order valence-corrected chi connectivity index (χ0v) is 18.3. The van der Waals surface area contributed by atoms with Crippen LogP contribution in [0, 0.1) is 0 Å². The lowest BCUT2D eigenvalue weighted by Gasteiger charge is -2.43. The molecule has 2 aromatic carbocycles. The first-order chi connectivity index (χ1) is 13.4. The molecule has 152 valence electrons. The van der Waals surface area contributed by atoms with Crippen molar-refractivity contribution in [1.29, 1.82) is 0 Å². The zero-order chi connectivity index (χ0) is 21.6. The molecule has 2 aromatic rings. The van der Waals surface area contributed by atoms with Crippen molar-refractivity contribution >= 4 is 42.5 Å². The van der Waals surface area contributed by atoms with Crippen LogP contribution in [0.2, 0.25) is 5.02 Å². The van der Waals surface area contributed by atoms with Crippen LogP contribution in [-0.2, 0) is 19.3 Å². The molecule has 1 N–H and O–H groups in total. The Morgan fingerprint density at radius 1 is 1.17 bits per heavy atom. The summed E-state index contributed by atoms with van der Waals surface area (Å²) in [4.78, 5) is 26.8. The molecule has 1 aliphatic heterocycles. The van der Waals surface area contributed by atoms with Crippen molar-refractivity contribution in [2.45, 2.75) is 44.8 Å². The third-order valence-electron chi connectivity index (χ3n) is 5.15. The number of amides is 2. The molecule has 0 atom stereocenters. The number of benzene rings is 2. The van der Waals surface area contributed by atoms with Gasteiger partial charge in [0.25, 0.3) is 5.91 Å². The molecule has 0 fully saturated rings. The largest absolute Gasteiger partial charge is 0.341 e. The van der Waals surface area contributed by atoms with Gasteiger partial charge in [0.15, 0.2) is 5.28 Å². The number of carbonyl (C=O) groups excluding carboxylic acids is 2. The van der Waals surface area contributed by atoms with Gasteiger partial charge in [-0.2, -0.15) is 0 Å². The van der Waals surface area contributed by atoms with Crippen molar-refractivity contribution < 1.29 is 18.7 Å². The lowest BCUT2D eigenvalue weighted by molar-refractivity contribution is -0.120. The fourth-order valence-corrected chi connectivity index (χ4v) is 4.12. The minimum absolute atomic E-state index is 0.145. The Morgan fingerprint density at radius 2 is 1.86 bits per heavy atom. The fourth-order valence-electron chi connectivity index (χ4n) is 3.55. The van der Waals surface area contributed by atoms with E-state index in [0.717, 1.165) is 5.56 Å². The van der Waals surface area contributed by atoms with Crippen LogP contribution >= 0.6 is 19.3 Å². The summed E-state index contributed by atoms with van der Waals surface area (Å²) >= 11 is 5.97. The molecule has 0 saturated heterocycles. The summed E-state index contributed by atoms with van der Waals surface area (Å²) in [6.45, 7) is 6.81. The van der Waals surface area contributed by atoms with Crippen LogP contribution < -0.4 is 10.2 Å². The van der Waals surface area contributed by atoms with Crippen LogP contribution in [0.3, 0.4) is 0 Å². The number of anilines is 2. The van der Waals surface area contributed by atoms with Gasteiger partial charge in [-0.25, -0.2) is 9.13 Å². The van der Waals surface area contributed by atoms with E-state index in [2.05, 4.69) is 5.32 Å². The summed E-state index contributed by atoms with van der Waals surface area (Å²) in [6.07, 6.45) is 0.145. The second-order valence-corrected chi connectivity index (χ2v) is 10.3. The van der Waals surface area contributed by atoms with Crippen LogP contribution in [0.4, 0.5) is 11.4 Å². The number of hydrogen-bond donors (Lipinski definition) is 1. The Hall–Kier alpha value is -2.43. The molecule has 0 unspecified atom stereocenters. The van der Waals surface area contributed by atoms with Gasteiger partial charge in [-0.1, -0.05) is 31.5 Å². The summed E-state index contributed by atoms with van der Waals surface area (Å²) < 4.78 is 23.6. The topological polar surface area (TPSA) is 83.6 Å². The molecule has 0 spiro atoms. The van der Waals surface area contributed by atoms with Crippen molar-refractivity contribution in [2.24, 2.45) is 0 Å². The smallest absolute Gasteiger partial charge is 0.322 e. The van der Waals surface area contributed by atoms with E-state index in [9.17, 15) is 18.7 Å². The van der Waals surface area contributed by atoms with Gasteiger partial charge in [0.05, 0.1) is 0 Å². The molecule has 2 amide bonds. The lowest BCUT2D eigenvalue weighted by Crippen LogP contribution is -2.50. The van der Waals surface area contributed by atoms with E-state index in [1.165, 1.54) is 18.7 Å². The minimum atomic E-state index is -2.89. The van der Waals surface area contributed by atoms with Gasteiger partial charge in [0.1, 0.15) is 0 Å². The average Bonchev–Trinajstić information content (AvgIpc) is 2.60. The number of carbonyl (C=O) groups is 2. The minimum Gasteiger partial charge on any atom is -0.322 e. The quantitative estimate of drug-likeness (QED) is 0.645. The van der Waals surface area contributed by atoms with E-state index < -0.39 is 18.4 Å². The SMILES string of the molecule is CC1(C)CC(=O)N(C(C)(C)P(=O)=O)c2ccc(C(=O)Nc3cccc(Cl)c3)cc21. The number of hydrogen-bond acceptors (Lipinski definition) is 4. The third kappa shape index (κ3) is 4.00. The molecule has 0 aromatic heterocycles. The Bertz CT molecular complexity index is 1070. The monoisotopic (exact) mass is 432 g/mol. The first-order valence-corrected chi connectivity index (χ1v) is 10.7. The lowest BCUT2D eigenvalue weighted by atomic mass is 9.76. The van der Waals surface area contributed by atoms with Gasteiger partial charge in [0, 0.05) is 33.8 Å². The third-order valence-corrected chi connectivity index (χ3v) is 6.48. The van der Waals surface area contributed by atoms with E-state index in [0.29, 0.717) is 22.0 Å². The molecule has 0 aliphatic carbocycles. The summed E-state index contributed by atoms with van der Waals surface area (Å²) in [5.41, 5.74) is 1.70. The van der Waals surface area contributed by atoms with Crippen molar-refractivity contribution in [1.82, 2.24) is 0 Å². The van der Waals surface area contributed by atoms with Crippen molar-refractivity contribution in [3.8, 4) is 0 Å². The van der Waals surface area contributed by atoms with Crippen molar-refractivity contribution in [3.63, 3.8) is 0 Å². The predicted octanol–water partition coefficient (Wildman–Crippen LogP) is 5.52. The molecule has 0 saturated carbocycles. The highest BCUT2D eigenvalue weighted by atomic mass is 35.5. The second kappa shape index (κ2) is 7.43. The maximum absolute atomic E-state index is 12.8. The Morgan fingerprint density at radius 3 is 2.48 bits per heavy atom.